The van der Waals surface area contributed by atoms with Gasteiger partial charge in [-0.05, 0) is 199 Å². The third-order valence-corrected chi connectivity index (χ3v) is 26.7. The van der Waals surface area contributed by atoms with Crippen molar-refractivity contribution < 1.29 is 0 Å². The summed E-state index contributed by atoms with van der Waals surface area (Å²) in [5.74, 6) is 0. The normalized spacial score (nSPS) is 13.2. The second-order valence-corrected chi connectivity index (χ2v) is 35.2. The van der Waals surface area contributed by atoms with E-state index in [1.807, 2.05) is 0 Å². The van der Waals surface area contributed by atoms with Gasteiger partial charge in [0.25, 0.3) is 0 Å². The minimum absolute atomic E-state index is 0.0633. The van der Waals surface area contributed by atoms with Gasteiger partial charge in [0.1, 0.15) is 0 Å². The standard InChI is InChI=1S/C114H140N2/c1-5-9-13-17-21-25-29-33-37-51-79-113(80-52-38-34-30-26-22-18-14-10-6-2)107-85-93(89-55-43-41-44-56-89)67-75-101(107)102-76-68-94(86-108(102)113)95-69-77-103-104-78-70-98(88-110(104)114(109(103)87-95,81-53-39-35-31-27-23-19-15-11-7-3)82-54-40-36-32-28-24-20-16-12-8-4)106-84-96(65-73-99-71-63-91-59-47-49-61-111(91)115-99)105(90-57-45-42-46-58-90)83-97(106)66-74-100-72-64-92-60-48-50-62-112(92)116-100/h41-50,55-78,83-88H,5-40,51-54,79-82H2,1-4H3/b73-65+,74-66+. The van der Waals surface area contributed by atoms with Gasteiger partial charge >= 0.3 is 0 Å². The maximum Gasteiger partial charge on any atom is 0.0709 e. The number of hydrogen-bond acceptors (Lipinski definition) is 2. The third kappa shape index (κ3) is 22.6. The van der Waals surface area contributed by atoms with E-state index < -0.39 is 0 Å². The Bertz CT molecular complexity index is 4820. The number of para-hydroxylation sites is 2. The van der Waals surface area contributed by atoms with E-state index in [0.717, 1.165) is 46.0 Å². The van der Waals surface area contributed by atoms with Gasteiger partial charge in [-0.25, -0.2) is 9.97 Å². The fourth-order valence-electron chi connectivity index (χ4n) is 20.0. The quantitative estimate of drug-likeness (QED) is 0.0355. The molecule has 11 aromatic rings. The van der Waals surface area contributed by atoms with Crippen molar-refractivity contribution in [3.8, 4) is 66.8 Å². The highest BCUT2D eigenvalue weighted by Crippen LogP contribution is 2.59. The number of unbranched alkanes of at least 4 members (excludes halogenated alkanes) is 36. The molecule has 0 radical (unpaired) electrons. The molecule has 0 saturated heterocycles. The van der Waals surface area contributed by atoms with Gasteiger partial charge in [-0.3, -0.25) is 0 Å². The topological polar surface area (TPSA) is 25.8 Å². The highest BCUT2D eigenvalue weighted by atomic mass is 14.7. The fraction of sp³-hybridized carbons (Fsp3) is 0.439. The first-order valence-corrected chi connectivity index (χ1v) is 47.4. The van der Waals surface area contributed by atoms with Crippen LogP contribution in [0.15, 0.2) is 218 Å². The Kier molecular flexibility index (Phi) is 33.3. The van der Waals surface area contributed by atoms with Crippen LogP contribution in [0.2, 0.25) is 0 Å². The third-order valence-electron chi connectivity index (χ3n) is 26.7. The van der Waals surface area contributed by atoms with Crippen LogP contribution in [0, 0.1) is 0 Å². The predicted molar refractivity (Wildman–Crippen MR) is 508 cm³/mol. The van der Waals surface area contributed by atoms with Gasteiger partial charge in [-0.1, -0.05) is 454 Å². The highest BCUT2D eigenvalue weighted by molar-refractivity contribution is 5.94. The fourth-order valence-corrected chi connectivity index (χ4v) is 20.0. The van der Waals surface area contributed by atoms with Crippen molar-refractivity contribution in [3.05, 3.63) is 263 Å². The monoisotopic (exact) mass is 1540 g/mol. The molecule has 0 unspecified atom stereocenters. The number of nitrogens with zero attached hydrogens (tertiary/aromatic N) is 2. The maximum atomic E-state index is 5.23. The lowest BCUT2D eigenvalue weighted by atomic mass is 9.69. The Hall–Kier alpha value is -8.72. The number of pyridine rings is 2. The van der Waals surface area contributed by atoms with E-state index in [-0.39, 0.29) is 10.8 Å². The van der Waals surface area contributed by atoms with Crippen LogP contribution in [0.3, 0.4) is 0 Å². The molecule has 0 saturated carbocycles. The van der Waals surface area contributed by atoms with E-state index in [9.17, 15) is 0 Å². The van der Waals surface area contributed by atoms with Gasteiger partial charge in [-0.2, -0.15) is 0 Å². The van der Waals surface area contributed by atoms with Crippen LogP contribution in [-0.2, 0) is 10.8 Å². The number of hydrogen-bond donors (Lipinski definition) is 0. The van der Waals surface area contributed by atoms with Crippen molar-refractivity contribution in [1.29, 1.82) is 0 Å². The lowest BCUT2D eigenvalue weighted by Crippen LogP contribution is -2.26. The summed E-state index contributed by atoms with van der Waals surface area (Å²) in [6, 6.07) is 84.3. The van der Waals surface area contributed by atoms with Crippen molar-refractivity contribution in [2.45, 2.75) is 321 Å². The first-order valence-electron chi connectivity index (χ1n) is 47.4. The summed E-state index contributed by atoms with van der Waals surface area (Å²) in [7, 11) is 0. The Morgan fingerprint density at radius 1 is 0.207 bits per heavy atom. The molecule has 0 N–H and O–H groups in total. The van der Waals surface area contributed by atoms with Crippen molar-refractivity contribution in [1.82, 2.24) is 9.97 Å². The molecule has 0 spiro atoms. The van der Waals surface area contributed by atoms with Gasteiger partial charge in [-0.15, -0.1) is 0 Å². The molecular weight excluding hydrogens is 1400 g/mol. The lowest BCUT2D eigenvalue weighted by Gasteiger charge is -2.34. The highest BCUT2D eigenvalue weighted by Gasteiger charge is 2.45. The number of aromatic nitrogens is 2. The van der Waals surface area contributed by atoms with E-state index in [0.29, 0.717) is 0 Å². The number of fused-ring (bicyclic) bond motifs is 8. The average Bonchev–Trinajstić information content (AvgIpc) is 1.56. The molecule has 2 aliphatic rings. The van der Waals surface area contributed by atoms with Gasteiger partial charge in [0.2, 0.25) is 0 Å². The molecular formula is C114H140N2. The molecule has 2 aromatic heterocycles. The zero-order valence-corrected chi connectivity index (χ0v) is 72.1. The molecule has 2 nitrogen and oxygen atoms in total. The minimum Gasteiger partial charge on any atom is -0.248 e. The summed E-state index contributed by atoms with van der Waals surface area (Å²) in [5.41, 5.74) is 28.5. The van der Waals surface area contributed by atoms with E-state index in [1.165, 1.54) is 353 Å². The summed E-state index contributed by atoms with van der Waals surface area (Å²) < 4.78 is 0. The van der Waals surface area contributed by atoms with E-state index >= 15 is 0 Å². The van der Waals surface area contributed by atoms with Gasteiger partial charge in [0.05, 0.1) is 22.4 Å². The molecule has 2 heteroatoms. The molecule has 2 heterocycles. The molecule has 0 bridgehead atoms. The van der Waals surface area contributed by atoms with E-state index in [2.05, 4.69) is 270 Å². The lowest BCUT2D eigenvalue weighted by molar-refractivity contribution is 0.396. The largest absolute Gasteiger partial charge is 0.248 e. The molecule has 0 amide bonds. The predicted octanol–water partition coefficient (Wildman–Crippen LogP) is 35.6. The molecule has 0 fully saturated rings. The van der Waals surface area contributed by atoms with Crippen molar-refractivity contribution in [3.63, 3.8) is 0 Å². The van der Waals surface area contributed by atoms with Crippen molar-refractivity contribution >= 4 is 46.1 Å². The maximum absolute atomic E-state index is 5.23. The van der Waals surface area contributed by atoms with E-state index in [4.69, 9.17) is 9.97 Å². The van der Waals surface area contributed by atoms with Crippen LogP contribution in [0.1, 0.15) is 355 Å². The Balaban J connectivity index is 0.924. The van der Waals surface area contributed by atoms with Crippen LogP contribution >= 0.6 is 0 Å². The van der Waals surface area contributed by atoms with Crippen LogP contribution < -0.4 is 0 Å². The van der Waals surface area contributed by atoms with Crippen LogP contribution in [0.25, 0.3) is 113 Å². The van der Waals surface area contributed by atoms with E-state index in [1.54, 1.807) is 16.7 Å². The zero-order chi connectivity index (χ0) is 79.7. The first-order chi connectivity index (χ1) is 57.4. The first kappa shape index (κ1) is 85.2. The minimum atomic E-state index is -0.175. The molecule has 13 rings (SSSR count). The van der Waals surface area contributed by atoms with Crippen molar-refractivity contribution in [2.24, 2.45) is 0 Å². The molecule has 606 valence electrons. The summed E-state index contributed by atoms with van der Waals surface area (Å²) >= 11 is 0. The van der Waals surface area contributed by atoms with Gasteiger partial charge in [0.15, 0.2) is 0 Å². The Morgan fingerprint density at radius 3 is 0.810 bits per heavy atom. The molecule has 2 aliphatic carbocycles. The second-order valence-electron chi connectivity index (χ2n) is 35.2. The van der Waals surface area contributed by atoms with Gasteiger partial charge in [0, 0.05) is 21.6 Å². The summed E-state index contributed by atoms with van der Waals surface area (Å²) in [6.07, 6.45) is 67.6. The van der Waals surface area contributed by atoms with Crippen LogP contribution in [-0.4, -0.2) is 9.97 Å². The average molecular weight is 1540 g/mol. The summed E-state index contributed by atoms with van der Waals surface area (Å²) in [6.45, 7) is 9.36. The number of benzene rings is 9. The van der Waals surface area contributed by atoms with Crippen LogP contribution in [0.4, 0.5) is 0 Å². The Labute approximate surface area is 702 Å². The second kappa shape index (κ2) is 45.3. The Morgan fingerprint density at radius 2 is 0.474 bits per heavy atom. The zero-order valence-electron chi connectivity index (χ0n) is 72.1. The van der Waals surface area contributed by atoms with Crippen molar-refractivity contribution in [2.75, 3.05) is 0 Å². The molecule has 9 aromatic carbocycles. The SMILES string of the molecule is CCCCCCCCCCCCC1(CCCCCCCCCCCC)c2cc(-c3ccccc3)ccc2-c2ccc(-c3ccc4c(c3)C(CCCCCCCCCCCC)(CCCCCCCCCCCC)c3cc(-c5cc(/C=C/c6ccc7ccccc7n6)c(-c6ccccc6)cc5/C=C/c5ccc6ccccc6n5)ccc3-4)cc21. The number of rotatable bonds is 52. The summed E-state index contributed by atoms with van der Waals surface area (Å²) in [5, 5.41) is 2.31. The molecule has 116 heavy (non-hydrogen) atoms. The smallest absolute Gasteiger partial charge is 0.0709 e. The van der Waals surface area contributed by atoms with Gasteiger partial charge < -0.3 is 0 Å². The van der Waals surface area contributed by atoms with Crippen LogP contribution in [0.5, 0.6) is 0 Å². The molecule has 0 atom stereocenters. The molecule has 0 aliphatic heterocycles. The summed E-state index contributed by atoms with van der Waals surface area (Å²) in [4.78, 5) is 10.4.